The normalized spacial score (nSPS) is 26.9. The summed E-state index contributed by atoms with van der Waals surface area (Å²) in [5.74, 6) is 5.08. The third-order valence-electron chi connectivity index (χ3n) is 4.54. The summed E-state index contributed by atoms with van der Waals surface area (Å²) >= 11 is 0. The summed E-state index contributed by atoms with van der Waals surface area (Å²) in [5.41, 5.74) is 0.996. The zero-order valence-corrected chi connectivity index (χ0v) is 12.3. The fourth-order valence-electron chi connectivity index (χ4n) is 3.28. The van der Waals surface area contributed by atoms with Gasteiger partial charge in [0.05, 0.1) is 0 Å². The van der Waals surface area contributed by atoms with Crippen LogP contribution in [0.5, 0.6) is 0 Å². The maximum absolute atomic E-state index is 2.54. The predicted molar refractivity (Wildman–Crippen MR) is 81.1 cm³/mol. The summed E-state index contributed by atoms with van der Waals surface area (Å²) in [6, 6.07) is 0. The Morgan fingerprint density at radius 1 is 0.706 bits per heavy atom. The van der Waals surface area contributed by atoms with Crippen LogP contribution in [0, 0.1) is 0 Å². The van der Waals surface area contributed by atoms with E-state index in [1.807, 2.05) is 0 Å². The molecule has 2 aliphatic rings. The number of rotatable bonds is 1. The zero-order chi connectivity index (χ0) is 12.0. The zero-order valence-electron chi connectivity index (χ0n) is 11.4. The Labute approximate surface area is 108 Å². The van der Waals surface area contributed by atoms with Crippen LogP contribution < -0.4 is 0 Å². The molecule has 0 spiro atoms. The van der Waals surface area contributed by atoms with Gasteiger partial charge in [0.25, 0.3) is 0 Å². The van der Waals surface area contributed by atoms with Crippen LogP contribution in [0.15, 0.2) is 23.8 Å². The van der Waals surface area contributed by atoms with Crippen LogP contribution in [0.2, 0.25) is 0 Å². The van der Waals surface area contributed by atoms with Gasteiger partial charge in [-0.25, -0.2) is 0 Å². The molecule has 1 aliphatic heterocycles. The van der Waals surface area contributed by atoms with Crippen molar-refractivity contribution in [3.05, 3.63) is 23.8 Å². The van der Waals surface area contributed by atoms with Crippen LogP contribution in [0.4, 0.5) is 0 Å². The molecule has 97 valence electrons. The van der Waals surface area contributed by atoms with E-state index in [0.717, 1.165) is 5.66 Å². The molecule has 2 rings (SSSR count). The third kappa shape index (κ3) is 3.95. The van der Waals surface area contributed by atoms with Crippen molar-refractivity contribution >= 4 is 7.26 Å². The third-order valence-corrected chi connectivity index (χ3v) is 8.26. The van der Waals surface area contributed by atoms with Gasteiger partial charge in [-0.15, -0.1) is 0 Å². The predicted octanol–water partition coefficient (Wildman–Crippen LogP) is 5.96. The first kappa shape index (κ1) is 13.3. The first-order valence-corrected chi connectivity index (χ1v) is 9.98. The Morgan fingerprint density at radius 2 is 1.12 bits per heavy atom. The van der Waals surface area contributed by atoms with E-state index in [4.69, 9.17) is 0 Å². The van der Waals surface area contributed by atoms with Gasteiger partial charge in [-0.3, -0.25) is 0 Å². The van der Waals surface area contributed by atoms with E-state index in [0.29, 0.717) is 0 Å². The van der Waals surface area contributed by atoms with E-state index in [9.17, 15) is 0 Å². The molecule has 0 aromatic carbocycles. The molecule has 0 nitrogen and oxygen atoms in total. The average molecular weight is 251 g/mol. The largest absolute Gasteiger partial charge is 0.0848 e. The molecule has 0 bridgehead atoms. The van der Waals surface area contributed by atoms with E-state index in [1.54, 1.807) is 0 Å². The summed E-state index contributed by atoms with van der Waals surface area (Å²) in [6.07, 6.45) is 19.4. The molecule has 0 atom stereocenters. The monoisotopic (exact) mass is 251 g/mol. The molecule has 0 saturated heterocycles. The quantitative estimate of drug-likeness (QED) is 0.504. The van der Waals surface area contributed by atoms with Crippen molar-refractivity contribution in [3.8, 4) is 0 Å². The molecule has 1 aliphatic carbocycles. The molecule has 1 radical (unpaired) electrons. The molecule has 0 N–H and O–H groups in total. The van der Waals surface area contributed by atoms with Crippen LogP contribution in [-0.2, 0) is 0 Å². The van der Waals surface area contributed by atoms with Crippen molar-refractivity contribution in [3.63, 3.8) is 0 Å². The van der Waals surface area contributed by atoms with Crippen LogP contribution in [0.25, 0.3) is 0 Å². The van der Waals surface area contributed by atoms with E-state index in [1.165, 1.54) is 64.2 Å². The molecular formula is C16H28P. The minimum Gasteiger partial charge on any atom is -0.0848 e. The van der Waals surface area contributed by atoms with E-state index in [2.05, 4.69) is 30.5 Å². The fourth-order valence-corrected chi connectivity index (χ4v) is 6.29. The van der Waals surface area contributed by atoms with Gasteiger partial charge in [-0.2, -0.15) is 0 Å². The molecule has 1 heteroatoms. The lowest BCUT2D eigenvalue weighted by molar-refractivity contribution is 0.585. The Kier molecular flexibility index (Phi) is 5.29. The Hall–Kier alpha value is -0.0900. The number of allylic oxidation sites excluding steroid dienone is 2. The van der Waals surface area contributed by atoms with Gasteiger partial charge in [0.2, 0.25) is 0 Å². The van der Waals surface area contributed by atoms with Crippen LogP contribution in [0.3, 0.4) is 0 Å². The Bertz CT molecular complexity index is 253. The van der Waals surface area contributed by atoms with E-state index in [-0.39, 0.29) is 0 Å². The first-order chi connectivity index (χ1) is 8.31. The van der Waals surface area contributed by atoms with Crippen molar-refractivity contribution in [1.82, 2.24) is 0 Å². The molecule has 17 heavy (non-hydrogen) atoms. The van der Waals surface area contributed by atoms with Gasteiger partial charge in [0.15, 0.2) is 0 Å². The standard InChI is InChI=1S/C16H28P/c1-17(14-10-11-15-17)16-12-8-6-4-2-3-5-7-9-13-16/h10-11,14-16H,2-9,12-13H2,1H3. The topological polar surface area (TPSA) is 0 Å². The molecule has 1 heterocycles. The Balaban J connectivity index is 1.92. The lowest BCUT2D eigenvalue weighted by Gasteiger charge is -2.33. The molecule has 0 amide bonds. The minimum atomic E-state index is -0.851. The van der Waals surface area contributed by atoms with E-state index >= 15 is 0 Å². The SMILES string of the molecule is C[P]1(C2CCCCCCCCCC2)C=CC=C1. The lowest BCUT2D eigenvalue weighted by atomic mass is 10.1. The van der Waals surface area contributed by atoms with Gasteiger partial charge < -0.3 is 0 Å². The smallest absolute Gasteiger partial charge is 0.0181 e. The molecule has 0 unspecified atom stereocenters. The van der Waals surface area contributed by atoms with Crippen molar-refractivity contribution in [2.75, 3.05) is 6.66 Å². The fraction of sp³-hybridized carbons (Fsp3) is 0.750. The highest BCUT2D eigenvalue weighted by molar-refractivity contribution is 7.81. The van der Waals surface area contributed by atoms with Crippen LogP contribution in [0.1, 0.15) is 64.2 Å². The highest BCUT2D eigenvalue weighted by Gasteiger charge is 2.27. The van der Waals surface area contributed by atoms with Crippen LogP contribution >= 0.6 is 7.26 Å². The van der Waals surface area contributed by atoms with Crippen molar-refractivity contribution in [2.24, 2.45) is 0 Å². The molecule has 1 fully saturated rings. The minimum absolute atomic E-state index is 0.851. The summed E-state index contributed by atoms with van der Waals surface area (Å²) in [4.78, 5) is 0. The van der Waals surface area contributed by atoms with E-state index < -0.39 is 7.26 Å². The summed E-state index contributed by atoms with van der Waals surface area (Å²) in [7, 11) is -0.851. The maximum atomic E-state index is 2.54. The molecule has 0 aromatic heterocycles. The number of hydrogen-bond donors (Lipinski definition) is 0. The second-order valence-corrected chi connectivity index (χ2v) is 9.73. The molecule has 1 saturated carbocycles. The second-order valence-electron chi connectivity index (χ2n) is 5.96. The first-order valence-electron chi connectivity index (χ1n) is 7.54. The second kappa shape index (κ2) is 6.74. The average Bonchev–Trinajstić information content (AvgIpc) is 2.73. The van der Waals surface area contributed by atoms with Gasteiger partial charge in [0.1, 0.15) is 0 Å². The maximum Gasteiger partial charge on any atom is -0.0181 e. The van der Waals surface area contributed by atoms with Gasteiger partial charge >= 0.3 is 0 Å². The Morgan fingerprint density at radius 3 is 1.59 bits per heavy atom. The van der Waals surface area contributed by atoms with Gasteiger partial charge in [0, 0.05) is 0 Å². The van der Waals surface area contributed by atoms with Crippen molar-refractivity contribution in [2.45, 2.75) is 69.9 Å². The highest BCUT2D eigenvalue weighted by Crippen LogP contribution is 2.67. The van der Waals surface area contributed by atoms with Gasteiger partial charge in [-0.05, 0) is 25.2 Å². The number of hydrogen-bond acceptors (Lipinski definition) is 0. The molecule has 0 aromatic rings. The molecular weight excluding hydrogens is 223 g/mol. The lowest BCUT2D eigenvalue weighted by Crippen LogP contribution is -2.10. The van der Waals surface area contributed by atoms with Crippen molar-refractivity contribution < 1.29 is 0 Å². The summed E-state index contributed by atoms with van der Waals surface area (Å²) in [6.45, 7) is 2.54. The summed E-state index contributed by atoms with van der Waals surface area (Å²) in [5, 5.41) is 0. The summed E-state index contributed by atoms with van der Waals surface area (Å²) < 4.78 is 0. The van der Waals surface area contributed by atoms with Gasteiger partial charge in [-0.1, -0.05) is 82.4 Å². The van der Waals surface area contributed by atoms with Crippen molar-refractivity contribution in [1.29, 1.82) is 0 Å². The highest BCUT2D eigenvalue weighted by atomic mass is 31.2. The van der Waals surface area contributed by atoms with Crippen LogP contribution in [-0.4, -0.2) is 12.3 Å².